The lowest BCUT2D eigenvalue weighted by Crippen LogP contribution is -2.43. The van der Waals surface area contributed by atoms with Crippen molar-refractivity contribution >= 4 is 10.9 Å². The molecule has 1 saturated carbocycles. The number of aromatic nitrogens is 1. The second-order valence-corrected chi connectivity index (χ2v) is 5.79. The van der Waals surface area contributed by atoms with Gasteiger partial charge in [-0.15, -0.1) is 0 Å². The van der Waals surface area contributed by atoms with Crippen molar-refractivity contribution < 1.29 is 4.74 Å². The van der Waals surface area contributed by atoms with Gasteiger partial charge >= 0.3 is 0 Å². The van der Waals surface area contributed by atoms with Crippen LogP contribution in [-0.2, 0) is 0 Å². The summed E-state index contributed by atoms with van der Waals surface area (Å²) >= 11 is 0. The first-order valence-corrected chi connectivity index (χ1v) is 7.36. The zero-order chi connectivity index (χ0) is 14.7. The number of benzene rings is 1. The fraction of sp³-hybridized carbons (Fsp3) is 0.412. The molecule has 4 nitrogen and oxygen atoms in total. The summed E-state index contributed by atoms with van der Waals surface area (Å²) in [7, 11) is 0. The minimum absolute atomic E-state index is 0.499. The molecule has 2 aromatic rings. The molecular weight excluding hydrogens is 262 g/mol. The first kappa shape index (κ1) is 13.8. The molecule has 1 aliphatic carbocycles. The van der Waals surface area contributed by atoms with E-state index < -0.39 is 5.54 Å². The van der Waals surface area contributed by atoms with E-state index in [0.29, 0.717) is 19.1 Å². The van der Waals surface area contributed by atoms with Crippen molar-refractivity contribution in [3.8, 4) is 11.8 Å². The maximum atomic E-state index is 9.35. The Kier molecular flexibility index (Phi) is 3.76. The number of nitrogens with one attached hydrogen (secondary N) is 1. The van der Waals surface area contributed by atoms with E-state index in [2.05, 4.69) is 16.4 Å². The molecule has 1 fully saturated rings. The molecule has 1 atom stereocenters. The number of rotatable bonds is 6. The van der Waals surface area contributed by atoms with Gasteiger partial charge in [0.05, 0.1) is 12.7 Å². The summed E-state index contributed by atoms with van der Waals surface area (Å²) in [5.41, 5.74) is 0.355. The van der Waals surface area contributed by atoms with Crippen LogP contribution in [0.25, 0.3) is 10.9 Å². The van der Waals surface area contributed by atoms with Crippen molar-refractivity contribution in [2.45, 2.75) is 37.8 Å². The van der Waals surface area contributed by atoms with E-state index in [1.165, 1.54) is 12.8 Å². The number of nitrogens with zero attached hydrogens (tertiary/aromatic N) is 2. The molecule has 0 bridgehead atoms. The second-order valence-electron chi connectivity index (χ2n) is 5.79. The van der Waals surface area contributed by atoms with Gasteiger partial charge in [-0.1, -0.05) is 18.2 Å². The fourth-order valence-corrected chi connectivity index (χ4v) is 2.40. The molecule has 1 aromatic heterocycles. The molecule has 1 aliphatic rings. The van der Waals surface area contributed by atoms with Gasteiger partial charge in [0.1, 0.15) is 16.8 Å². The highest BCUT2D eigenvalue weighted by molar-refractivity contribution is 5.84. The van der Waals surface area contributed by atoms with Crippen molar-refractivity contribution in [3.63, 3.8) is 0 Å². The summed E-state index contributed by atoms with van der Waals surface area (Å²) < 4.78 is 5.87. The summed E-state index contributed by atoms with van der Waals surface area (Å²) in [5.74, 6) is 0.778. The number of ether oxygens (including phenoxy) is 1. The van der Waals surface area contributed by atoms with Gasteiger partial charge in [-0.2, -0.15) is 5.26 Å². The minimum Gasteiger partial charge on any atom is -0.491 e. The van der Waals surface area contributed by atoms with Crippen molar-refractivity contribution in [1.29, 1.82) is 5.26 Å². The molecular formula is C17H19N3O. The van der Waals surface area contributed by atoms with Gasteiger partial charge < -0.3 is 4.74 Å². The van der Waals surface area contributed by atoms with E-state index in [-0.39, 0.29) is 0 Å². The number of hydrogen-bond acceptors (Lipinski definition) is 4. The molecule has 3 rings (SSSR count). The maximum Gasteiger partial charge on any atom is 0.145 e. The van der Waals surface area contributed by atoms with E-state index in [9.17, 15) is 5.26 Å². The SMILES string of the molecule is CC(C#N)(CCOc1cccc2cccnc12)NC1CC1. The molecule has 0 amide bonds. The van der Waals surface area contributed by atoms with Crippen LogP contribution >= 0.6 is 0 Å². The zero-order valence-corrected chi connectivity index (χ0v) is 12.2. The van der Waals surface area contributed by atoms with Gasteiger partial charge in [0.15, 0.2) is 0 Å². The lowest BCUT2D eigenvalue weighted by atomic mass is 10.0. The van der Waals surface area contributed by atoms with Crippen molar-refractivity contribution in [1.82, 2.24) is 10.3 Å². The summed E-state index contributed by atoms with van der Waals surface area (Å²) in [6, 6.07) is 12.7. The number of hydrogen-bond donors (Lipinski definition) is 1. The van der Waals surface area contributed by atoms with E-state index in [4.69, 9.17) is 4.74 Å². The molecule has 108 valence electrons. The average Bonchev–Trinajstić information content (AvgIpc) is 3.31. The van der Waals surface area contributed by atoms with Crippen LogP contribution < -0.4 is 10.1 Å². The topological polar surface area (TPSA) is 57.9 Å². The zero-order valence-electron chi connectivity index (χ0n) is 12.2. The summed E-state index contributed by atoms with van der Waals surface area (Å²) in [4.78, 5) is 4.37. The largest absolute Gasteiger partial charge is 0.491 e. The average molecular weight is 281 g/mol. The standard InChI is InChI=1S/C17H19N3O/c1-17(12-18,20-14-7-8-14)9-11-21-15-6-2-4-13-5-3-10-19-16(13)15/h2-6,10,14,20H,7-9,11H2,1H3. The van der Waals surface area contributed by atoms with Crippen molar-refractivity contribution in [2.75, 3.05) is 6.61 Å². The van der Waals surface area contributed by atoms with Crippen LogP contribution in [-0.4, -0.2) is 23.2 Å². The predicted molar refractivity (Wildman–Crippen MR) is 82.0 cm³/mol. The van der Waals surface area contributed by atoms with Crippen LogP contribution in [0.5, 0.6) is 5.75 Å². The van der Waals surface area contributed by atoms with Gasteiger partial charge in [-0.3, -0.25) is 10.3 Å². The normalized spacial score (nSPS) is 17.1. The van der Waals surface area contributed by atoms with Gasteiger partial charge in [0.2, 0.25) is 0 Å². The first-order chi connectivity index (χ1) is 10.2. The monoisotopic (exact) mass is 281 g/mol. The number of pyridine rings is 1. The van der Waals surface area contributed by atoms with Gasteiger partial charge in [0, 0.05) is 24.0 Å². The minimum atomic E-state index is -0.515. The van der Waals surface area contributed by atoms with Crippen LogP contribution in [0.1, 0.15) is 26.2 Å². The third-order valence-corrected chi connectivity index (χ3v) is 3.80. The lowest BCUT2D eigenvalue weighted by Gasteiger charge is -2.23. The highest BCUT2D eigenvalue weighted by Crippen LogP contribution is 2.25. The van der Waals surface area contributed by atoms with E-state index in [1.807, 2.05) is 37.3 Å². The Morgan fingerprint density at radius 1 is 1.38 bits per heavy atom. The van der Waals surface area contributed by atoms with Gasteiger partial charge in [-0.05, 0) is 31.9 Å². The molecule has 1 aromatic carbocycles. The molecule has 4 heteroatoms. The Morgan fingerprint density at radius 2 is 2.19 bits per heavy atom. The first-order valence-electron chi connectivity index (χ1n) is 7.36. The predicted octanol–water partition coefficient (Wildman–Crippen LogP) is 3.04. The van der Waals surface area contributed by atoms with E-state index in [0.717, 1.165) is 16.7 Å². The van der Waals surface area contributed by atoms with Crippen LogP contribution in [0.3, 0.4) is 0 Å². The van der Waals surface area contributed by atoms with Crippen LogP contribution in [0, 0.1) is 11.3 Å². The van der Waals surface area contributed by atoms with E-state index >= 15 is 0 Å². The summed E-state index contributed by atoms with van der Waals surface area (Å²) in [6.45, 7) is 2.44. The number of para-hydroxylation sites is 1. The lowest BCUT2D eigenvalue weighted by molar-refractivity contribution is 0.268. The van der Waals surface area contributed by atoms with Crippen molar-refractivity contribution in [2.24, 2.45) is 0 Å². The Labute approximate surface area is 124 Å². The summed E-state index contributed by atoms with van der Waals surface area (Å²) in [5, 5.41) is 13.8. The third kappa shape index (κ3) is 3.32. The van der Waals surface area contributed by atoms with Crippen LogP contribution in [0.15, 0.2) is 36.5 Å². The Balaban J connectivity index is 1.65. The molecule has 0 aliphatic heterocycles. The quantitative estimate of drug-likeness (QED) is 0.884. The third-order valence-electron chi connectivity index (χ3n) is 3.80. The molecule has 21 heavy (non-hydrogen) atoms. The molecule has 1 heterocycles. The second kappa shape index (κ2) is 5.71. The van der Waals surface area contributed by atoms with Crippen LogP contribution in [0.4, 0.5) is 0 Å². The summed E-state index contributed by atoms with van der Waals surface area (Å²) in [6.07, 6.45) is 4.77. The fourth-order valence-electron chi connectivity index (χ4n) is 2.40. The smallest absolute Gasteiger partial charge is 0.145 e. The Morgan fingerprint density at radius 3 is 2.95 bits per heavy atom. The Bertz CT molecular complexity index is 670. The van der Waals surface area contributed by atoms with Gasteiger partial charge in [-0.25, -0.2) is 0 Å². The molecule has 1 N–H and O–H groups in total. The van der Waals surface area contributed by atoms with Gasteiger partial charge in [0.25, 0.3) is 0 Å². The molecule has 1 unspecified atom stereocenters. The number of fused-ring (bicyclic) bond motifs is 1. The molecule has 0 radical (unpaired) electrons. The molecule has 0 saturated heterocycles. The molecule has 0 spiro atoms. The number of nitriles is 1. The maximum absolute atomic E-state index is 9.35. The Hall–Kier alpha value is -2.12. The highest BCUT2D eigenvalue weighted by atomic mass is 16.5. The highest BCUT2D eigenvalue weighted by Gasteiger charge is 2.32. The van der Waals surface area contributed by atoms with E-state index in [1.54, 1.807) is 6.20 Å². The van der Waals surface area contributed by atoms with Crippen LogP contribution in [0.2, 0.25) is 0 Å². The van der Waals surface area contributed by atoms with Crippen molar-refractivity contribution in [3.05, 3.63) is 36.5 Å².